The van der Waals surface area contributed by atoms with Gasteiger partial charge in [0.05, 0.1) is 25.7 Å². The van der Waals surface area contributed by atoms with Gasteiger partial charge >= 0.3 is 12.1 Å². The normalized spacial score (nSPS) is 29.2. The van der Waals surface area contributed by atoms with E-state index >= 15 is 0 Å². The Balaban J connectivity index is 1.96. The fourth-order valence-electron chi connectivity index (χ4n) is 2.32. The molecule has 2 rings (SSSR count). The summed E-state index contributed by atoms with van der Waals surface area (Å²) in [5, 5.41) is 8.82. The van der Waals surface area contributed by atoms with Crippen molar-refractivity contribution in [2.24, 2.45) is 0 Å². The first-order valence-corrected chi connectivity index (χ1v) is 5.93. The summed E-state index contributed by atoms with van der Waals surface area (Å²) in [6, 6.07) is -0.266. The van der Waals surface area contributed by atoms with Crippen LogP contribution in [0.15, 0.2) is 0 Å². The van der Waals surface area contributed by atoms with Crippen LogP contribution in [0.5, 0.6) is 0 Å². The molecule has 0 aromatic rings. The standard InChI is InChI=1S/C11H17NO5/c13-10(14)6-8-3-5-17-11(15)12(8)7-9-2-1-4-16-9/h8-9H,1-7H2,(H,13,14). The van der Waals surface area contributed by atoms with E-state index < -0.39 is 12.1 Å². The van der Waals surface area contributed by atoms with Crippen LogP contribution in [0.1, 0.15) is 25.7 Å². The first-order valence-electron chi connectivity index (χ1n) is 5.93. The first kappa shape index (κ1) is 12.2. The average molecular weight is 243 g/mol. The number of rotatable bonds is 4. The van der Waals surface area contributed by atoms with Gasteiger partial charge in [0.15, 0.2) is 0 Å². The summed E-state index contributed by atoms with van der Waals surface area (Å²) in [4.78, 5) is 23.9. The van der Waals surface area contributed by atoms with Crippen molar-refractivity contribution in [2.45, 2.75) is 37.8 Å². The highest BCUT2D eigenvalue weighted by Gasteiger charge is 2.33. The van der Waals surface area contributed by atoms with E-state index in [0.717, 1.165) is 19.4 Å². The van der Waals surface area contributed by atoms with Crippen molar-refractivity contribution in [3.05, 3.63) is 0 Å². The second-order valence-corrected chi connectivity index (χ2v) is 4.44. The molecule has 2 atom stereocenters. The Morgan fingerprint density at radius 3 is 2.88 bits per heavy atom. The zero-order valence-corrected chi connectivity index (χ0v) is 9.63. The maximum Gasteiger partial charge on any atom is 0.410 e. The summed E-state index contributed by atoms with van der Waals surface area (Å²) in [6.45, 7) is 1.47. The van der Waals surface area contributed by atoms with Crippen molar-refractivity contribution in [1.82, 2.24) is 4.90 Å². The lowest BCUT2D eigenvalue weighted by Crippen LogP contribution is -2.49. The topological polar surface area (TPSA) is 76.1 Å². The van der Waals surface area contributed by atoms with Crippen LogP contribution in [0, 0.1) is 0 Å². The summed E-state index contributed by atoms with van der Waals surface area (Å²) < 4.78 is 10.4. The number of hydrogen-bond acceptors (Lipinski definition) is 4. The molecule has 0 spiro atoms. The highest BCUT2D eigenvalue weighted by atomic mass is 16.6. The lowest BCUT2D eigenvalue weighted by atomic mass is 10.1. The molecule has 1 N–H and O–H groups in total. The summed E-state index contributed by atoms with van der Waals surface area (Å²) in [5.74, 6) is -0.887. The molecule has 0 aromatic heterocycles. The van der Waals surface area contributed by atoms with Crippen LogP contribution in [0.2, 0.25) is 0 Å². The molecule has 0 aromatic carbocycles. The molecule has 2 saturated heterocycles. The van der Waals surface area contributed by atoms with Gasteiger partial charge in [-0.15, -0.1) is 0 Å². The SMILES string of the molecule is O=C(O)CC1CCOC(=O)N1CC1CCCO1. The molecule has 2 aliphatic heterocycles. The highest BCUT2D eigenvalue weighted by molar-refractivity contribution is 5.72. The number of nitrogens with zero attached hydrogens (tertiary/aromatic N) is 1. The number of hydrogen-bond donors (Lipinski definition) is 1. The third kappa shape index (κ3) is 3.09. The molecule has 6 nitrogen and oxygen atoms in total. The Morgan fingerprint density at radius 2 is 2.24 bits per heavy atom. The van der Waals surface area contributed by atoms with Crippen LogP contribution in [0.3, 0.4) is 0 Å². The number of aliphatic carboxylic acids is 1. The first-order chi connectivity index (χ1) is 8.16. The van der Waals surface area contributed by atoms with Crippen molar-refractivity contribution in [3.63, 3.8) is 0 Å². The van der Waals surface area contributed by atoms with Crippen LogP contribution in [-0.4, -0.2) is 54.0 Å². The van der Waals surface area contributed by atoms with E-state index in [9.17, 15) is 9.59 Å². The van der Waals surface area contributed by atoms with Gasteiger partial charge in [-0.3, -0.25) is 4.79 Å². The third-order valence-corrected chi connectivity index (χ3v) is 3.19. The fourth-order valence-corrected chi connectivity index (χ4v) is 2.32. The van der Waals surface area contributed by atoms with Gasteiger partial charge in [-0.2, -0.15) is 0 Å². The molecule has 96 valence electrons. The summed E-state index contributed by atoms with van der Waals surface area (Å²) in [7, 11) is 0. The molecular formula is C11H17NO5. The van der Waals surface area contributed by atoms with E-state index in [-0.39, 0.29) is 18.6 Å². The van der Waals surface area contributed by atoms with Gasteiger partial charge in [-0.25, -0.2) is 4.79 Å². The average Bonchev–Trinajstić information content (AvgIpc) is 2.75. The number of carboxylic acids is 1. The van der Waals surface area contributed by atoms with Crippen molar-refractivity contribution in [3.8, 4) is 0 Å². The number of carbonyl (C=O) groups excluding carboxylic acids is 1. The minimum Gasteiger partial charge on any atom is -0.481 e. The van der Waals surface area contributed by atoms with Crippen LogP contribution < -0.4 is 0 Å². The monoisotopic (exact) mass is 243 g/mol. The van der Waals surface area contributed by atoms with Crippen molar-refractivity contribution < 1.29 is 24.2 Å². The van der Waals surface area contributed by atoms with Crippen LogP contribution >= 0.6 is 0 Å². The Hall–Kier alpha value is -1.30. The Labute approximate surface area is 99.5 Å². The molecule has 0 saturated carbocycles. The van der Waals surface area contributed by atoms with Crippen molar-refractivity contribution in [2.75, 3.05) is 19.8 Å². The van der Waals surface area contributed by atoms with E-state index in [1.54, 1.807) is 0 Å². The molecule has 6 heteroatoms. The van der Waals surface area contributed by atoms with E-state index in [2.05, 4.69) is 0 Å². The van der Waals surface area contributed by atoms with Gasteiger partial charge in [0, 0.05) is 19.1 Å². The summed E-state index contributed by atoms with van der Waals surface area (Å²) in [5.41, 5.74) is 0. The van der Waals surface area contributed by atoms with Gasteiger partial charge in [0.2, 0.25) is 0 Å². The maximum absolute atomic E-state index is 11.6. The molecule has 0 radical (unpaired) electrons. The highest BCUT2D eigenvalue weighted by Crippen LogP contribution is 2.21. The largest absolute Gasteiger partial charge is 0.481 e. The summed E-state index contributed by atoms with van der Waals surface area (Å²) in [6.07, 6.45) is 2.07. The molecule has 2 unspecified atom stereocenters. The van der Waals surface area contributed by atoms with Gasteiger partial charge in [0.25, 0.3) is 0 Å². The van der Waals surface area contributed by atoms with Gasteiger partial charge in [-0.05, 0) is 12.8 Å². The third-order valence-electron chi connectivity index (χ3n) is 3.19. The molecule has 17 heavy (non-hydrogen) atoms. The molecule has 1 amide bonds. The predicted octanol–water partition coefficient (Wildman–Crippen LogP) is 0.851. The second kappa shape index (κ2) is 5.35. The predicted molar refractivity (Wildman–Crippen MR) is 57.7 cm³/mol. The molecular weight excluding hydrogens is 226 g/mol. The van der Waals surface area contributed by atoms with Crippen LogP contribution in [0.4, 0.5) is 4.79 Å². The van der Waals surface area contributed by atoms with Gasteiger partial charge in [0.1, 0.15) is 0 Å². The molecule has 2 fully saturated rings. The number of carboxylic acid groups (broad SMARTS) is 1. The molecule has 2 aliphatic rings. The number of ether oxygens (including phenoxy) is 2. The van der Waals surface area contributed by atoms with Crippen molar-refractivity contribution >= 4 is 12.1 Å². The molecule has 0 bridgehead atoms. The van der Waals surface area contributed by atoms with E-state index in [4.69, 9.17) is 14.6 Å². The zero-order valence-electron chi connectivity index (χ0n) is 9.63. The van der Waals surface area contributed by atoms with Crippen LogP contribution in [0.25, 0.3) is 0 Å². The fraction of sp³-hybridized carbons (Fsp3) is 0.818. The van der Waals surface area contributed by atoms with Crippen molar-refractivity contribution in [1.29, 1.82) is 0 Å². The second-order valence-electron chi connectivity index (χ2n) is 4.44. The molecule has 0 aliphatic carbocycles. The Kier molecular flexibility index (Phi) is 3.83. The number of carbonyl (C=O) groups is 2. The number of cyclic esters (lactones) is 1. The maximum atomic E-state index is 11.6. The van der Waals surface area contributed by atoms with Crippen LogP contribution in [-0.2, 0) is 14.3 Å². The minimum absolute atomic E-state index is 0.0249. The number of amides is 1. The lowest BCUT2D eigenvalue weighted by molar-refractivity contribution is -0.138. The Bertz CT molecular complexity index is 300. The quantitative estimate of drug-likeness (QED) is 0.792. The smallest absolute Gasteiger partial charge is 0.410 e. The van der Waals surface area contributed by atoms with E-state index in [1.807, 2.05) is 0 Å². The lowest BCUT2D eigenvalue weighted by Gasteiger charge is -2.35. The Morgan fingerprint density at radius 1 is 1.41 bits per heavy atom. The van der Waals surface area contributed by atoms with Gasteiger partial charge in [-0.1, -0.05) is 0 Å². The van der Waals surface area contributed by atoms with E-state index in [1.165, 1.54) is 4.90 Å². The minimum atomic E-state index is -0.887. The van der Waals surface area contributed by atoms with Gasteiger partial charge < -0.3 is 19.5 Å². The molecule has 2 heterocycles. The summed E-state index contributed by atoms with van der Waals surface area (Å²) >= 11 is 0. The van der Waals surface area contributed by atoms with E-state index in [0.29, 0.717) is 19.6 Å². The zero-order chi connectivity index (χ0) is 12.3.